The molecule has 0 saturated carbocycles. The molecule has 0 unspecified atom stereocenters. The van der Waals surface area contributed by atoms with Crippen molar-refractivity contribution < 1.29 is 23.1 Å². The molecule has 0 atom stereocenters. The van der Waals surface area contributed by atoms with Crippen molar-refractivity contribution in [2.24, 2.45) is 0 Å². The van der Waals surface area contributed by atoms with Crippen molar-refractivity contribution in [2.45, 2.75) is 84.2 Å². The van der Waals surface area contributed by atoms with Gasteiger partial charge in [0.15, 0.2) is 5.78 Å². The molecule has 6 heteroatoms. The largest absolute Gasteiger partial charge is 0.496 e. The van der Waals surface area contributed by atoms with E-state index in [0.29, 0.717) is 12.8 Å². The third kappa shape index (κ3) is 5.50. The number of ether oxygens (including phenoxy) is 1. The molecule has 0 aliphatic rings. The van der Waals surface area contributed by atoms with Crippen LogP contribution in [0, 0.1) is 0 Å². The Morgan fingerprint density at radius 1 is 0.903 bits per heavy atom. The highest BCUT2D eigenvalue weighted by molar-refractivity contribution is 7.56. The van der Waals surface area contributed by atoms with Crippen LogP contribution in [0.15, 0.2) is 18.2 Å². The molecular formula is C25H41O5P. The van der Waals surface area contributed by atoms with Crippen molar-refractivity contribution in [1.29, 1.82) is 0 Å². The minimum atomic E-state index is -3.61. The SMILES string of the molecule is CCC(CC)(C(=O)/C=C/c1cc(C(C)(C)C)c(OC)c(C(C)(C)C)c1)P(=O)(OC)OC. The number of hydrogen-bond donors (Lipinski definition) is 0. The maximum atomic E-state index is 13.3. The van der Waals surface area contributed by atoms with Gasteiger partial charge in [-0.1, -0.05) is 61.5 Å². The molecule has 0 aliphatic heterocycles. The van der Waals surface area contributed by atoms with E-state index in [1.54, 1.807) is 13.2 Å². The number of benzene rings is 1. The van der Waals surface area contributed by atoms with Crippen LogP contribution in [0.25, 0.3) is 6.08 Å². The summed E-state index contributed by atoms with van der Waals surface area (Å²) in [7, 11) is 0.751. The van der Waals surface area contributed by atoms with E-state index in [-0.39, 0.29) is 16.6 Å². The highest BCUT2D eigenvalue weighted by Gasteiger charge is 2.52. The molecule has 1 aromatic carbocycles. The second-order valence-corrected chi connectivity index (χ2v) is 12.5. The van der Waals surface area contributed by atoms with E-state index < -0.39 is 12.8 Å². The Kier molecular flexibility index (Phi) is 8.93. The molecule has 1 rings (SSSR count). The minimum absolute atomic E-state index is 0.141. The predicted molar refractivity (Wildman–Crippen MR) is 129 cm³/mol. The fraction of sp³-hybridized carbons (Fsp3) is 0.640. The quantitative estimate of drug-likeness (QED) is 0.301. The first kappa shape index (κ1) is 27.6. The molecule has 0 bridgehead atoms. The van der Waals surface area contributed by atoms with Gasteiger partial charge in [-0.25, -0.2) is 0 Å². The molecule has 0 saturated heterocycles. The molecule has 0 amide bonds. The summed E-state index contributed by atoms with van der Waals surface area (Å²) in [5.41, 5.74) is 2.77. The van der Waals surface area contributed by atoms with Crippen LogP contribution in [0.2, 0.25) is 0 Å². The van der Waals surface area contributed by atoms with Crippen molar-refractivity contribution in [2.75, 3.05) is 21.3 Å². The molecule has 1 aromatic rings. The average molecular weight is 453 g/mol. The number of carbonyl (C=O) groups is 1. The first-order chi connectivity index (χ1) is 14.2. The molecular weight excluding hydrogens is 411 g/mol. The number of ketones is 1. The summed E-state index contributed by atoms with van der Waals surface area (Å²) in [5.74, 6) is 0.623. The Morgan fingerprint density at radius 3 is 1.61 bits per heavy atom. The lowest BCUT2D eigenvalue weighted by Gasteiger charge is -2.34. The molecule has 0 N–H and O–H groups in total. The summed E-state index contributed by atoms with van der Waals surface area (Å²) in [5, 5.41) is -1.21. The van der Waals surface area contributed by atoms with Crippen molar-refractivity contribution in [1.82, 2.24) is 0 Å². The van der Waals surface area contributed by atoms with Gasteiger partial charge in [0.25, 0.3) is 0 Å². The summed E-state index contributed by atoms with van der Waals surface area (Å²) in [6.07, 6.45) is 4.02. The van der Waals surface area contributed by atoms with E-state index in [0.717, 1.165) is 22.4 Å². The Hall–Kier alpha value is -1.42. The predicted octanol–water partition coefficient (Wildman–Crippen LogP) is 6.92. The maximum absolute atomic E-state index is 13.3. The van der Waals surface area contributed by atoms with E-state index in [4.69, 9.17) is 13.8 Å². The van der Waals surface area contributed by atoms with Gasteiger partial charge >= 0.3 is 7.60 Å². The van der Waals surface area contributed by atoms with Gasteiger partial charge < -0.3 is 13.8 Å². The summed E-state index contributed by atoms with van der Waals surface area (Å²) >= 11 is 0. The van der Waals surface area contributed by atoms with Crippen LogP contribution in [0.1, 0.15) is 84.9 Å². The average Bonchev–Trinajstić information content (AvgIpc) is 2.70. The highest BCUT2D eigenvalue weighted by atomic mass is 31.2. The smallest absolute Gasteiger partial charge is 0.343 e. The van der Waals surface area contributed by atoms with Crippen LogP contribution in [0.3, 0.4) is 0 Å². The lowest BCUT2D eigenvalue weighted by molar-refractivity contribution is -0.117. The third-order valence-corrected chi connectivity index (χ3v) is 8.85. The number of allylic oxidation sites excluding steroid dienone is 1. The zero-order chi connectivity index (χ0) is 24.3. The summed E-state index contributed by atoms with van der Waals surface area (Å²) in [6.45, 7) is 16.5. The fourth-order valence-corrected chi connectivity index (χ4v) is 5.92. The van der Waals surface area contributed by atoms with Crippen LogP contribution in [-0.4, -0.2) is 32.3 Å². The zero-order valence-corrected chi connectivity index (χ0v) is 22.1. The Labute approximate surface area is 189 Å². The standard InChI is InChI=1S/C25H41O5P/c1-12-25(13-2,31(27,29-10)30-11)21(26)15-14-18-16-19(23(3,4)5)22(28-9)20(17-18)24(6,7)8/h14-17H,12-13H2,1-11H3/b15-14+. The van der Waals surface area contributed by atoms with E-state index >= 15 is 0 Å². The lowest BCUT2D eigenvalue weighted by atomic mass is 9.78. The zero-order valence-electron chi connectivity index (χ0n) is 21.2. The van der Waals surface area contributed by atoms with Gasteiger partial charge in [0.05, 0.1) is 7.11 Å². The van der Waals surface area contributed by atoms with Gasteiger partial charge in [-0.3, -0.25) is 9.36 Å². The number of rotatable bonds is 9. The number of hydrogen-bond acceptors (Lipinski definition) is 5. The molecule has 0 heterocycles. The number of methoxy groups -OCH3 is 1. The van der Waals surface area contributed by atoms with Crippen LogP contribution < -0.4 is 4.74 Å². The molecule has 176 valence electrons. The fourth-order valence-electron chi connectivity index (χ4n) is 3.95. The third-order valence-electron chi connectivity index (χ3n) is 5.99. The van der Waals surface area contributed by atoms with E-state index in [9.17, 15) is 9.36 Å². The van der Waals surface area contributed by atoms with Gasteiger partial charge in [-0.05, 0) is 47.4 Å². The van der Waals surface area contributed by atoms with Gasteiger partial charge in [-0.15, -0.1) is 0 Å². The molecule has 0 aliphatic carbocycles. The van der Waals surface area contributed by atoms with Gasteiger partial charge in [-0.2, -0.15) is 0 Å². The van der Waals surface area contributed by atoms with Crippen LogP contribution >= 0.6 is 7.60 Å². The van der Waals surface area contributed by atoms with Crippen LogP contribution in [-0.2, 0) is 29.2 Å². The Balaban J connectivity index is 3.64. The molecule has 0 radical (unpaired) electrons. The highest BCUT2D eigenvalue weighted by Crippen LogP contribution is 2.62. The van der Waals surface area contributed by atoms with Gasteiger partial charge in [0, 0.05) is 25.3 Å². The summed E-state index contributed by atoms with van der Waals surface area (Å²) in [6, 6.07) is 4.12. The molecule has 31 heavy (non-hydrogen) atoms. The van der Waals surface area contributed by atoms with Crippen molar-refractivity contribution in [3.63, 3.8) is 0 Å². The first-order valence-electron chi connectivity index (χ1n) is 10.8. The molecule has 0 aromatic heterocycles. The van der Waals surface area contributed by atoms with Crippen LogP contribution in [0.5, 0.6) is 5.75 Å². The minimum Gasteiger partial charge on any atom is -0.496 e. The van der Waals surface area contributed by atoms with Gasteiger partial charge in [0.1, 0.15) is 10.9 Å². The van der Waals surface area contributed by atoms with Crippen molar-refractivity contribution in [3.8, 4) is 5.75 Å². The second-order valence-electron chi connectivity index (χ2n) is 9.95. The van der Waals surface area contributed by atoms with E-state index in [2.05, 4.69) is 53.7 Å². The Bertz CT molecular complexity index is 809. The second kappa shape index (κ2) is 10.0. The van der Waals surface area contributed by atoms with Crippen LogP contribution in [0.4, 0.5) is 0 Å². The normalized spacial score (nSPS) is 13.6. The summed E-state index contributed by atoms with van der Waals surface area (Å²) < 4.78 is 29.5. The van der Waals surface area contributed by atoms with E-state index in [1.807, 2.05) is 13.8 Å². The Morgan fingerprint density at radius 2 is 1.32 bits per heavy atom. The molecule has 0 fully saturated rings. The lowest BCUT2D eigenvalue weighted by Crippen LogP contribution is -2.37. The van der Waals surface area contributed by atoms with Crippen molar-refractivity contribution >= 4 is 19.5 Å². The van der Waals surface area contributed by atoms with Gasteiger partial charge in [0.2, 0.25) is 0 Å². The topological polar surface area (TPSA) is 61.8 Å². The van der Waals surface area contributed by atoms with Crippen molar-refractivity contribution in [3.05, 3.63) is 34.9 Å². The molecule has 5 nitrogen and oxygen atoms in total. The first-order valence-corrected chi connectivity index (χ1v) is 12.4. The summed E-state index contributed by atoms with van der Waals surface area (Å²) in [4.78, 5) is 13.3. The number of carbonyl (C=O) groups excluding carboxylic acids is 1. The van der Waals surface area contributed by atoms with E-state index in [1.165, 1.54) is 20.3 Å². The maximum Gasteiger partial charge on any atom is 0.343 e. The molecule has 0 spiro atoms. The monoisotopic (exact) mass is 452 g/mol.